The molecule has 0 fully saturated rings. The van der Waals surface area contributed by atoms with E-state index in [4.69, 9.17) is 0 Å². The number of hydrogen-bond acceptors (Lipinski definition) is 2. The topological polar surface area (TPSA) is 29.1 Å². The molecule has 0 bridgehead atoms. The highest BCUT2D eigenvalue weighted by molar-refractivity contribution is 7.07. The van der Waals surface area contributed by atoms with Crippen molar-refractivity contribution in [1.29, 1.82) is 0 Å². The molecule has 0 aliphatic rings. The summed E-state index contributed by atoms with van der Waals surface area (Å²) in [5.41, 5.74) is 1.30. The van der Waals surface area contributed by atoms with Gasteiger partial charge >= 0.3 is 0 Å². The molecule has 0 atom stereocenters. The average molecular weight is 183 g/mol. The van der Waals surface area contributed by atoms with Crippen LogP contribution in [0.2, 0.25) is 0 Å². The van der Waals surface area contributed by atoms with Crippen LogP contribution < -0.4 is 5.32 Å². The van der Waals surface area contributed by atoms with Gasteiger partial charge in [0.25, 0.3) is 0 Å². The molecule has 0 aromatic carbocycles. The second-order valence-corrected chi connectivity index (χ2v) is 3.37. The van der Waals surface area contributed by atoms with E-state index in [0.29, 0.717) is 6.42 Å². The number of amides is 1. The van der Waals surface area contributed by atoms with Gasteiger partial charge in [-0.15, -0.1) is 0 Å². The molecule has 0 saturated heterocycles. The minimum absolute atomic E-state index is 0.130. The Morgan fingerprint density at radius 1 is 1.67 bits per heavy atom. The van der Waals surface area contributed by atoms with Crippen molar-refractivity contribution in [3.8, 4) is 0 Å². The second kappa shape index (κ2) is 4.93. The van der Waals surface area contributed by atoms with E-state index >= 15 is 0 Å². The predicted octanol–water partition coefficient (Wildman–Crippen LogP) is 1.82. The molecule has 0 unspecified atom stereocenters. The Hall–Kier alpha value is -0.830. The summed E-state index contributed by atoms with van der Waals surface area (Å²) in [5, 5.41) is 7.00. The lowest BCUT2D eigenvalue weighted by Crippen LogP contribution is -2.24. The molecule has 1 heterocycles. The lowest BCUT2D eigenvalue weighted by atomic mass is 10.2. The standard InChI is InChI=1S/C9H13NOS/c1-2-9(11)10-5-3-8-4-6-12-7-8/h4,6-7H,2-3,5H2,1H3,(H,10,11). The van der Waals surface area contributed by atoms with E-state index in [1.54, 1.807) is 11.3 Å². The Labute approximate surface area is 76.6 Å². The fourth-order valence-corrected chi connectivity index (χ4v) is 1.61. The summed E-state index contributed by atoms with van der Waals surface area (Å²) in [4.78, 5) is 10.8. The van der Waals surface area contributed by atoms with Crippen molar-refractivity contribution in [3.63, 3.8) is 0 Å². The van der Waals surface area contributed by atoms with Crippen LogP contribution in [-0.4, -0.2) is 12.5 Å². The van der Waals surface area contributed by atoms with E-state index < -0.39 is 0 Å². The molecule has 0 spiro atoms. The third kappa shape index (κ3) is 3.05. The number of rotatable bonds is 4. The molecule has 0 saturated carbocycles. The molecule has 3 heteroatoms. The molecule has 1 rings (SSSR count). The minimum atomic E-state index is 0.130. The summed E-state index contributed by atoms with van der Waals surface area (Å²) < 4.78 is 0. The fourth-order valence-electron chi connectivity index (χ4n) is 0.906. The van der Waals surface area contributed by atoms with Crippen LogP contribution >= 0.6 is 11.3 Å². The first kappa shape index (κ1) is 9.26. The van der Waals surface area contributed by atoms with Crippen LogP contribution in [-0.2, 0) is 11.2 Å². The first-order chi connectivity index (χ1) is 5.83. The molecule has 1 aromatic rings. The van der Waals surface area contributed by atoms with Gasteiger partial charge in [0.2, 0.25) is 5.91 Å². The molecule has 0 aliphatic carbocycles. The summed E-state index contributed by atoms with van der Waals surface area (Å²) in [6.07, 6.45) is 1.51. The van der Waals surface area contributed by atoms with Gasteiger partial charge in [-0.25, -0.2) is 0 Å². The summed E-state index contributed by atoms with van der Waals surface area (Å²) in [6.45, 7) is 2.61. The maximum Gasteiger partial charge on any atom is 0.219 e. The summed E-state index contributed by atoms with van der Waals surface area (Å²) in [7, 11) is 0. The van der Waals surface area contributed by atoms with Crippen LogP contribution in [0, 0.1) is 0 Å². The molecular weight excluding hydrogens is 170 g/mol. The first-order valence-electron chi connectivity index (χ1n) is 4.10. The zero-order valence-electron chi connectivity index (χ0n) is 7.17. The van der Waals surface area contributed by atoms with Crippen LogP contribution in [0.15, 0.2) is 16.8 Å². The molecule has 1 aromatic heterocycles. The zero-order valence-corrected chi connectivity index (χ0v) is 7.99. The molecule has 1 amide bonds. The van der Waals surface area contributed by atoms with Crippen LogP contribution in [0.1, 0.15) is 18.9 Å². The molecule has 2 nitrogen and oxygen atoms in total. The van der Waals surface area contributed by atoms with Gasteiger partial charge in [-0.05, 0) is 28.8 Å². The van der Waals surface area contributed by atoms with E-state index in [0.717, 1.165) is 13.0 Å². The molecule has 0 radical (unpaired) electrons. The normalized spacial score (nSPS) is 9.75. The molecule has 66 valence electrons. The average Bonchev–Trinajstić information content (AvgIpc) is 2.57. The SMILES string of the molecule is CCC(=O)NCCc1ccsc1. The Balaban J connectivity index is 2.15. The Bertz CT molecular complexity index is 231. The van der Waals surface area contributed by atoms with Crippen molar-refractivity contribution in [2.45, 2.75) is 19.8 Å². The van der Waals surface area contributed by atoms with Crippen molar-refractivity contribution < 1.29 is 4.79 Å². The van der Waals surface area contributed by atoms with Gasteiger partial charge in [-0.2, -0.15) is 11.3 Å². The Morgan fingerprint density at radius 2 is 2.50 bits per heavy atom. The third-order valence-electron chi connectivity index (χ3n) is 1.64. The van der Waals surface area contributed by atoms with E-state index in [9.17, 15) is 4.79 Å². The summed E-state index contributed by atoms with van der Waals surface area (Å²) >= 11 is 1.69. The molecule has 1 N–H and O–H groups in total. The van der Waals surface area contributed by atoms with Crippen LogP contribution in [0.3, 0.4) is 0 Å². The van der Waals surface area contributed by atoms with Gasteiger partial charge < -0.3 is 5.32 Å². The minimum Gasteiger partial charge on any atom is -0.356 e. The monoisotopic (exact) mass is 183 g/mol. The summed E-state index contributed by atoms with van der Waals surface area (Å²) in [5.74, 6) is 0.130. The van der Waals surface area contributed by atoms with Crippen molar-refractivity contribution >= 4 is 17.2 Å². The lowest BCUT2D eigenvalue weighted by Gasteiger charge is -2.00. The van der Waals surface area contributed by atoms with Crippen LogP contribution in [0.5, 0.6) is 0 Å². The van der Waals surface area contributed by atoms with Crippen LogP contribution in [0.25, 0.3) is 0 Å². The van der Waals surface area contributed by atoms with Crippen molar-refractivity contribution in [1.82, 2.24) is 5.32 Å². The van der Waals surface area contributed by atoms with Gasteiger partial charge in [-0.3, -0.25) is 4.79 Å². The van der Waals surface area contributed by atoms with Gasteiger partial charge in [0.15, 0.2) is 0 Å². The number of nitrogens with one attached hydrogen (secondary N) is 1. The van der Waals surface area contributed by atoms with Gasteiger partial charge in [0.05, 0.1) is 0 Å². The predicted molar refractivity (Wildman–Crippen MR) is 51.3 cm³/mol. The quantitative estimate of drug-likeness (QED) is 0.758. The summed E-state index contributed by atoms with van der Waals surface area (Å²) in [6, 6.07) is 2.09. The lowest BCUT2D eigenvalue weighted by molar-refractivity contribution is -0.120. The first-order valence-corrected chi connectivity index (χ1v) is 5.05. The molecule has 0 aliphatic heterocycles. The van der Waals surface area contributed by atoms with E-state index in [-0.39, 0.29) is 5.91 Å². The Morgan fingerprint density at radius 3 is 3.08 bits per heavy atom. The Kier molecular flexibility index (Phi) is 3.80. The van der Waals surface area contributed by atoms with E-state index in [2.05, 4.69) is 22.1 Å². The maximum atomic E-state index is 10.8. The van der Waals surface area contributed by atoms with E-state index in [1.165, 1.54) is 5.56 Å². The molecular formula is C9H13NOS. The zero-order chi connectivity index (χ0) is 8.81. The third-order valence-corrected chi connectivity index (χ3v) is 2.37. The van der Waals surface area contributed by atoms with Gasteiger partial charge in [0.1, 0.15) is 0 Å². The van der Waals surface area contributed by atoms with Crippen molar-refractivity contribution in [2.75, 3.05) is 6.54 Å². The highest BCUT2D eigenvalue weighted by Crippen LogP contribution is 2.05. The highest BCUT2D eigenvalue weighted by atomic mass is 32.1. The van der Waals surface area contributed by atoms with Crippen LogP contribution in [0.4, 0.5) is 0 Å². The molecule has 12 heavy (non-hydrogen) atoms. The smallest absolute Gasteiger partial charge is 0.219 e. The largest absolute Gasteiger partial charge is 0.356 e. The maximum absolute atomic E-state index is 10.8. The van der Waals surface area contributed by atoms with Crippen molar-refractivity contribution in [3.05, 3.63) is 22.4 Å². The number of carbonyl (C=O) groups is 1. The van der Waals surface area contributed by atoms with Gasteiger partial charge in [-0.1, -0.05) is 6.92 Å². The number of carbonyl (C=O) groups excluding carboxylic acids is 1. The van der Waals surface area contributed by atoms with Gasteiger partial charge in [0, 0.05) is 13.0 Å². The number of thiophene rings is 1. The fraction of sp³-hybridized carbons (Fsp3) is 0.444. The highest BCUT2D eigenvalue weighted by Gasteiger charge is 1.96. The second-order valence-electron chi connectivity index (χ2n) is 2.59. The number of hydrogen-bond donors (Lipinski definition) is 1. The van der Waals surface area contributed by atoms with Crippen molar-refractivity contribution in [2.24, 2.45) is 0 Å². The van der Waals surface area contributed by atoms with E-state index in [1.807, 2.05) is 6.92 Å².